The molecule has 0 atom stereocenters. The largest absolute Gasteiger partial charge is 0.332 e. The summed E-state index contributed by atoms with van der Waals surface area (Å²) in [5, 5.41) is 4.11. The summed E-state index contributed by atoms with van der Waals surface area (Å²) in [6.07, 6.45) is 0.965. The van der Waals surface area contributed by atoms with Crippen LogP contribution in [0, 0.1) is 6.92 Å². The Bertz CT molecular complexity index is 1060. The summed E-state index contributed by atoms with van der Waals surface area (Å²) in [5.74, 6) is -0.653. The molecular formula is C22H21Cl2N3O2S. The number of aromatic nitrogens is 1. The Hall–Kier alpha value is -2.41. The van der Waals surface area contributed by atoms with Gasteiger partial charge >= 0.3 is 0 Å². The number of nitrogens with one attached hydrogen (secondary N) is 1. The molecule has 2 aromatic carbocycles. The maximum absolute atomic E-state index is 12.9. The Kier molecular flexibility index (Phi) is 7.13. The van der Waals surface area contributed by atoms with Crippen molar-refractivity contribution in [2.45, 2.75) is 20.3 Å². The molecular weight excluding hydrogens is 441 g/mol. The second kappa shape index (κ2) is 9.60. The first-order valence-corrected chi connectivity index (χ1v) is 10.9. The fourth-order valence-electron chi connectivity index (χ4n) is 2.86. The predicted molar refractivity (Wildman–Crippen MR) is 124 cm³/mol. The van der Waals surface area contributed by atoms with E-state index in [1.165, 1.54) is 21.8 Å². The molecule has 5 nitrogen and oxygen atoms in total. The van der Waals surface area contributed by atoms with Crippen LogP contribution in [0.1, 0.15) is 27.9 Å². The van der Waals surface area contributed by atoms with Crippen molar-refractivity contribution in [3.63, 3.8) is 0 Å². The van der Waals surface area contributed by atoms with E-state index < -0.39 is 5.91 Å². The molecule has 0 saturated carbocycles. The molecule has 0 spiro atoms. The summed E-state index contributed by atoms with van der Waals surface area (Å²) in [6, 6.07) is 13.1. The molecule has 0 aliphatic heterocycles. The molecule has 1 aromatic heterocycles. The molecule has 8 heteroatoms. The number of likely N-dealkylation sites (N-methyl/N-ethyl adjacent to an activating group) is 1. The smallest absolute Gasteiger partial charge is 0.266 e. The van der Waals surface area contributed by atoms with Crippen LogP contribution in [0.5, 0.6) is 0 Å². The summed E-state index contributed by atoms with van der Waals surface area (Å²) in [6.45, 7) is 3.76. The van der Waals surface area contributed by atoms with Crippen LogP contribution < -0.4 is 5.32 Å². The van der Waals surface area contributed by atoms with Gasteiger partial charge in [0, 0.05) is 12.6 Å². The van der Waals surface area contributed by atoms with Crippen LogP contribution in [0.25, 0.3) is 10.6 Å². The fraction of sp³-hybridized carbons (Fsp3) is 0.227. The quantitative estimate of drug-likeness (QED) is 0.511. The van der Waals surface area contributed by atoms with E-state index >= 15 is 0 Å². The molecule has 3 rings (SSSR count). The van der Waals surface area contributed by atoms with E-state index in [-0.39, 0.29) is 12.5 Å². The SMILES string of the molecule is CCc1ccc(-c2nc(C)c(C(=O)N(C)CC(=O)Nc3c(Cl)cccc3Cl)s2)cc1. The Labute approximate surface area is 189 Å². The number of benzene rings is 2. The van der Waals surface area contributed by atoms with Crippen molar-refractivity contribution in [3.8, 4) is 10.6 Å². The molecule has 156 valence electrons. The Morgan fingerprint density at radius 1 is 1.10 bits per heavy atom. The van der Waals surface area contributed by atoms with Crippen LogP contribution in [0.3, 0.4) is 0 Å². The third-order valence-corrected chi connectivity index (χ3v) is 6.38. The molecule has 0 unspecified atom stereocenters. The van der Waals surface area contributed by atoms with Crippen molar-refractivity contribution >= 4 is 52.0 Å². The van der Waals surface area contributed by atoms with Gasteiger partial charge in [0.25, 0.3) is 5.91 Å². The zero-order chi connectivity index (χ0) is 21.8. The van der Waals surface area contributed by atoms with E-state index in [1.54, 1.807) is 32.2 Å². The zero-order valence-electron chi connectivity index (χ0n) is 16.8. The highest BCUT2D eigenvalue weighted by atomic mass is 35.5. The van der Waals surface area contributed by atoms with Gasteiger partial charge in [0.15, 0.2) is 0 Å². The van der Waals surface area contributed by atoms with Gasteiger partial charge in [-0.1, -0.05) is 60.5 Å². The van der Waals surface area contributed by atoms with Gasteiger partial charge in [-0.05, 0) is 31.0 Å². The Balaban J connectivity index is 1.71. The summed E-state index contributed by atoms with van der Waals surface area (Å²) in [5.41, 5.74) is 3.18. The predicted octanol–water partition coefficient (Wildman–Crippen LogP) is 5.70. The van der Waals surface area contributed by atoms with E-state index in [0.717, 1.165) is 17.0 Å². The lowest BCUT2D eigenvalue weighted by Gasteiger charge is -2.17. The standard InChI is InChI=1S/C22H21Cl2N3O2S/c1-4-14-8-10-15(11-9-14)21-25-13(2)20(30-21)22(29)27(3)12-18(28)26-19-16(23)6-5-7-17(19)24/h5-11H,4,12H2,1-3H3,(H,26,28). The molecule has 3 aromatic rings. The van der Waals surface area contributed by atoms with Gasteiger partial charge < -0.3 is 10.2 Å². The number of para-hydroxylation sites is 1. The minimum absolute atomic E-state index is 0.141. The minimum Gasteiger partial charge on any atom is -0.332 e. The monoisotopic (exact) mass is 461 g/mol. The van der Waals surface area contributed by atoms with Crippen LogP contribution in [0.4, 0.5) is 5.69 Å². The first kappa shape index (κ1) is 22.3. The summed E-state index contributed by atoms with van der Waals surface area (Å²) < 4.78 is 0. The molecule has 0 fully saturated rings. The summed E-state index contributed by atoms with van der Waals surface area (Å²) in [4.78, 5) is 31.7. The minimum atomic E-state index is -0.390. The van der Waals surface area contributed by atoms with Gasteiger partial charge in [0.05, 0.1) is 28.0 Å². The molecule has 0 aliphatic rings. The van der Waals surface area contributed by atoms with E-state index in [4.69, 9.17) is 23.2 Å². The number of thiazole rings is 1. The number of amides is 2. The number of anilines is 1. The Morgan fingerprint density at radius 2 is 1.73 bits per heavy atom. The van der Waals surface area contributed by atoms with E-state index in [1.807, 2.05) is 12.1 Å². The highest BCUT2D eigenvalue weighted by molar-refractivity contribution is 7.17. The maximum atomic E-state index is 12.9. The van der Waals surface area contributed by atoms with Crippen molar-refractivity contribution in [1.29, 1.82) is 0 Å². The average Bonchev–Trinajstić information content (AvgIpc) is 3.11. The van der Waals surface area contributed by atoms with Gasteiger partial charge in [-0.25, -0.2) is 4.98 Å². The van der Waals surface area contributed by atoms with E-state index in [2.05, 4.69) is 29.4 Å². The van der Waals surface area contributed by atoms with Crippen LogP contribution >= 0.6 is 34.5 Å². The van der Waals surface area contributed by atoms with Gasteiger partial charge in [-0.15, -0.1) is 11.3 Å². The van der Waals surface area contributed by atoms with Crippen molar-refractivity contribution in [2.24, 2.45) is 0 Å². The molecule has 0 radical (unpaired) electrons. The third-order valence-electron chi connectivity index (χ3n) is 4.55. The topological polar surface area (TPSA) is 62.3 Å². The number of aryl methyl sites for hydroxylation is 2. The first-order valence-electron chi connectivity index (χ1n) is 9.36. The van der Waals surface area contributed by atoms with Crippen molar-refractivity contribution in [2.75, 3.05) is 18.9 Å². The number of halogens is 2. The number of hydrogen-bond donors (Lipinski definition) is 1. The van der Waals surface area contributed by atoms with E-state index in [0.29, 0.717) is 26.3 Å². The molecule has 30 heavy (non-hydrogen) atoms. The molecule has 1 heterocycles. The molecule has 0 aliphatic carbocycles. The van der Waals surface area contributed by atoms with Gasteiger partial charge in [-0.2, -0.15) is 0 Å². The lowest BCUT2D eigenvalue weighted by atomic mass is 10.1. The summed E-state index contributed by atoms with van der Waals surface area (Å²) in [7, 11) is 1.57. The molecule has 2 amide bonds. The first-order chi connectivity index (χ1) is 14.3. The lowest BCUT2D eigenvalue weighted by Crippen LogP contribution is -2.35. The zero-order valence-corrected chi connectivity index (χ0v) is 19.2. The van der Waals surface area contributed by atoms with Crippen LogP contribution in [0.15, 0.2) is 42.5 Å². The van der Waals surface area contributed by atoms with Crippen molar-refractivity contribution in [1.82, 2.24) is 9.88 Å². The molecule has 1 N–H and O–H groups in total. The third kappa shape index (κ3) is 5.01. The van der Waals surface area contributed by atoms with Crippen LogP contribution in [-0.2, 0) is 11.2 Å². The van der Waals surface area contributed by atoms with Gasteiger partial charge in [0.1, 0.15) is 9.88 Å². The van der Waals surface area contributed by atoms with Crippen molar-refractivity contribution < 1.29 is 9.59 Å². The Morgan fingerprint density at radius 3 is 2.33 bits per heavy atom. The van der Waals surface area contributed by atoms with Crippen molar-refractivity contribution in [3.05, 3.63) is 68.6 Å². The highest BCUT2D eigenvalue weighted by Crippen LogP contribution is 2.30. The number of rotatable bonds is 6. The molecule has 0 saturated heterocycles. The number of carbonyl (C=O) groups is 2. The fourth-order valence-corrected chi connectivity index (χ4v) is 4.42. The average molecular weight is 462 g/mol. The summed E-state index contributed by atoms with van der Waals surface area (Å²) >= 11 is 13.5. The number of carbonyl (C=O) groups excluding carboxylic acids is 2. The highest BCUT2D eigenvalue weighted by Gasteiger charge is 2.22. The maximum Gasteiger partial charge on any atom is 0.266 e. The second-order valence-electron chi connectivity index (χ2n) is 6.79. The van der Waals surface area contributed by atoms with E-state index in [9.17, 15) is 9.59 Å². The number of hydrogen-bond acceptors (Lipinski definition) is 4. The second-order valence-corrected chi connectivity index (χ2v) is 8.60. The number of nitrogens with zero attached hydrogens (tertiary/aromatic N) is 2. The molecule has 0 bridgehead atoms. The normalized spacial score (nSPS) is 10.7. The van der Waals surface area contributed by atoms with Gasteiger partial charge in [0.2, 0.25) is 5.91 Å². The van der Waals surface area contributed by atoms with Crippen LogP contribution in [0.2, 0.25) is 10.0 Å². The van der Waals surface area contributed by atoms with Gasteiger partial charge in [-0.3, -0.25) is 9.59 Å². The lowest BCUT2D eigenvalue weighted by molar-refractivity contribution is -0.116. The van der Waals surface area contributed by atoms with Crippen LogP contribution in [-0.4, -0.2) is 35.3 Å².